The van der Waals surface area contributed by atoms with Crippen LogP contribution in [0.4, 0.5) is 0 Å². The van der Waals surface area contributed by atoms with Gasteiger partial charge in [-0.25, -0.2) is 9.50 Å². The van der Waals surface area contributed by atoms with Crippen LogP contribution in [0, 0.1) is 0 Å². The first kappa shape index (κ1) is 12.8. The average molecular weight is 293 g/mol. The zero-order chi connectivity index (χ0) is 14.9. The Kier molecular flexibility index (Phi) is 2.96. The smallest absolute Gasteiger partial charge is 0.0999 e. The highest BCUT2D eigenvalue weighted by atomic mass is 15.3. The molecule has 0 atom stereocenters. The number of hydrogen-bond donors (Lipinski definition) is 1. The van der Waals surface area contributed by atoms with Gasteiger partial charge in [-0.1, -0.05) is 6.92 Å². The molecule has 4 aromatic heterocycles. The van der Waals surface area contributed by atoms with Crippen LogP contribution in [0.3, 0.4) is 0 Å². The topological polar surface area (TPSA) is 76.7 Å². The lowest BCUT2D eigenvalue weighted by atomic mass is 10.2. The fourth-order valence-electron chi connectivity index (χ4n) is 2.51. The second-order valence-electron chi connectivity index (χ2n) is 5.11. The summed E-state index contributed by atoms with van der Waals surface area (Å²) in [5, 5.41) is 15.5. The maximum atomic E-state index is 4.79. The molecule has 110 valence electrons. The summed E-state index contributed by atoms with van der Waals surface area (Å²) < 4.78 is 3.77. The van der Waals surface area contributed by atoms with Crippen LogP contribution in [-0.4, -0.2) is 34.6 Å². The summed E-state index contributed by atoms with van der Waals surface area (Å²) in [4.78, 5) is 4.79. The summed E-state index contributed by atoms with van der Waals surface area (Å²) >= 11 is 0. The van der Waals surface area contributed by atoms with Crippen molar-refractivity contribution in [2.45, 2.75) is 19.9 Å². The molecular formula is C15H15N7. The zero-order valence-electron chi connectivity index (χ0n) is 12.1. The molecule has 1 N–H and O–H groups in total. The summed E-state index contributed by atoms with van der Waals surface area (Å²) in [6.07, 6.45) is 12.2. The van der Waals surface area contributed by atoms with Gasteiger partial charge in [0.05, 0.1) is 41.7 Å². The van der Waals surface area contributed by atoms with Crippen molar-refractivity contribution in [2.75, 3.05) is 0 Å². The minimum absolute atomic E-state index is 0.822. The van der Waals surface area contributed by atoms with Gasteiger partial charge in [0.2, 0.25) is 0 Å². The summed E-state index contributed by atoms with van der Waals surface area (Å²) in [5.74, 6) is 0. The number of fused-ring (bicyclic) bond motifs is 1. The molecule has 0 radical (unpaired) electrons. The number of H-pyrrole nitrogens is 1. The molecule has 0 spiro atoms. The molecule has 4 aromatic rings. The number of aromatic amines is 1. The molecule has 4 rings (SSSR count). The van der Waals surface area contributed by atoms with E-state index in [1.165, 1.54) is 0 Å². The van der Waals surface area contributed by atoms with Crippen molar-refractivity contribution >= 4 is 5.52 Å². The molecule has 0 aliphatic rings. The molecule has 7 heteroatoms. The van der Waals surface area contributed by atoms with Gasteiger partial charge < -0.3 is 0 Å². The second-order valence-corrected chi connectivity index (χ2v) is 5.11. The molecule has 4 heterocycles. The van der Waals surface area contributed by atoms with Crippen LogP contribution < -0.4 is 0 Å². The highest BCUT2D eigenvalue weighted by molar-refractivity contribution is 5.78. The molecule has 0 unspecified atom stereocenters. The van der Waals surface area contributed by atoms with Gasteiger partial charge in [0.15, 0.2) is 0 Å². The minimum atomic E-state index is 0.822. The predicted molar refractivity (Wildman–Crippen MR) is 82.1 cm³/mol. The highest BCUT2D eigenvalue weighted by Gasteiger charge is 2.12. The molecule has 0 fully saturated rings. The van der Waals surface area contributed by atoms with Crippen molar-refractivity contribution in [2.24, 2.45) is 0 Å². The van der Waals surface area contributed by atoms with Crippen molar-refractivity contribution in [1.82, 2.24) is 34.6 Å². The maximum absolute atomic E-state index is 4.79. The van der Waals surface area contributed by atoms with E-state index in [2.05, 4.69) is 27.3 Å². The van der Waals surface area contributed by atoms with Crippen molar-refractivity contribution in [3.05, 3.63) is 43.2 Å². The third-order valence-corrected chi connectivity index (χ3v) is 3.54. The van der Waals surface area contributed by atoms with Crippen molar-refractivity contribution < 1.29 is 0 Å². The SMILES string of the molecule is CCCn1cc(-c2nc(-c3cn[nH]c3)cn3nccc23)cn1. The third kappa shape index (κ3) is 2.07. The molecule has 0 saturated heterocycles. The first-order valence-corrected chi connectivity index (χ1v) is 7.21. The highest BCUT2D eigenvalue weighted by Crippen LogP contribution is 2.26. The number of nitrogens with zero attached hydrogens (tertiary/aromatic N) is 6. The Hall–Kier alpha value is -2.96. The lowest BCUT2D eigenvalue weighted by Crippen LogP contribution is -1.97. The molecule has 7 nitrogen and oxygen atoms in total. The van der Waals surface area contributed by atoms with Crippen LogP contribution >= 0.6 is 0 Å². The molecular weight excluding hydrogens is 278 g/mol. The Morgan fingerprint density at radius 3 is 2.91 bits per heavy atom. The Morgan fingerprint density at radius 2 is 2.09 bits per heavy atom. The molecule has 0 aromatic carbocycles. The molecule has 0 amide bonds. The second kappa shape index (κ2) is 5.10. The van der Waals surface area contributed by atoms with E-state index in [4.69, 9.17) is 4.98 Å². The summed E-state index contributed by atoms with van der Waals surface area (Å²) in [7, 11) is 0. The molecule has 0 bridgehead atoms. The van der Waals surface area contributed by atoms with E-state index in [-0.39, 0.29) is 0 Å². The Labute approximate surface area is 126 Å². The largest absolute Gasteiger partial charge is 0.285 e. The summed E-state index contributed by atoms with van der Waals surface area (Å²) in [5.41, 5.74) is 4.58. The fourth-order valence-corrected chi connectivity index (χ4v) is 2.51. The lowest BCUT2D eigenvalue weighted by Gasteiger charge is -2.04. The van der Waals surface area contributed by atoms with Gasteiger partial charge in [-0.05, 0) is 12.5 Å². The van der Waals surface area contributed by atoms with Crippen LogP contribution in [0.1, 0.15) is 13.3 Å². The van der Waals surface area contributed by atoms with Gasteiger partial charge in [0, 0.05) is 30.1 Å². The Morgan fingerprint density at radius 1 is 1.14 bits per heavy atom. The first-order chi connectivity index (χ1) is 10.8. The number of aromatic nitrogens is 7. The molecule has 0 aliphatic heterocycles. The maximum Gasteiger partial charge on any atom is 0.0999 e. The third-order valence-electron chi connectivity index (χ3n) is 3.54. The predicted octanol–water partition coefficient (Wildman–Crippen LogP) is 2.39. The average Bonchev–Trinajstić information content (AvgIpc) is 3.27. The first-order valence-electron chi connectivity index (χ1n) is 7.21. The van der Waals surface area contributed by atoms with E-state index in [1.54, 1.807) is 12.4 Å². The monoisotopic (exact) mass is 293 g/mol. The minimum Gasteiger partial charge on any atom is -0.285 e. The van der Waals surface area contributed by atoms with Crippen LogP contribution in [-0.2, 0) is 6.54 Å². The van der Waals surface area contributed by atoms with E-state index in [9.17, 15) is 0 Å². The van der Waals surface area contributed by atoms with E-state index >= 15 is 0 Å². The Bertz CT molecular complexity index is 901. The van der Waals surface area contributed by atoms with Crippen LogP contribution in [0.2, 0.25) is 0 Å². The van der Waals surface area contributed by atoms with E-state index in [1.807, 2.05) is 40.1 Å². The normalized spacial score (nSPS) is 11.3. The number of rotatable bonds is 4. The van der Waals surface area contributed by atoms with Crippen molar-refractivity contribution in [1.29, 1.82) is 0 Å². The number of aryl methyl sites for hydroxylation is 1. The number of nitrogens with one attached hydrogen (secondary N) is 1. The molecule has 0 saturated carbocycles. The standard InChI is InChI=1S/C15H15N7/c1-2-5-21-9-12(8-19-21)15-14-3-4-18-22(14)10-13(20-15)11-6-16-17-7-11/h3-4,6-10H,2,5H2,1H3,(H,16,17). The van der Waals surface area contributed by atoms with E-state index < -0.39 is 0 Å². The Balaban J connectivity index is 1.89. The van der Waals surface area contributed by atoms with Crippen molar-refractivity contribution in [3.63, 3.8) is 0 Å². The molecule has 22 heavy (non-hydrogen) atoms. The van der Waals surface area contributed by atoms with Crippen molar-refractivity contribution in [3.8, 4) is 22.5 Å². The zero-order valence-corrected chi connectivity index (χ0v) is 12.1. The summed E-state index contributed by atoms with van der Waals surface area (Å²) in [6, 6.07) is 1.96. The molecule has 0 aliphatic carbocycles. The van der Waals surface area contributed by atoms with Gasteiger partial charge in [-0.15, -0.1) is 0 Å². The summed E-state index contributed by atoms with van der Waals surface area (Å²) in [6.45, 7) is 3.03. The number of hydrogen-bond acceptors (Lipinski definition) is 4. The van der Waals surface area contributed by atoms with E-state index in [0.29, 0.717) is 0 Å². The van der Waals surface area contributed by atoms with Gasteiger partial charge in [-0.2, -0.15) is 15.3 Å². The van der Waals surface area contributed by atoms with Crippen LogP contribution in [0.5, 0.6) is 0 Å². The van der Waals surface area contributed by atoms with E-state index in [0.717, 1.165) is 41.0 Å². The van der Waals surface area contributed by atoms with Gasteiger partial charge in [0.25, 0.3) is 0 Å². The fraction of sp³-hybridized carbons (Fsp3) is 0.200. The van der Waals surface area contributed by atoms with Gasteiger partial charge in [0.1, 0.15) is 0 Å². The quantitative estimate of drug-likeness (QED) is 0.627. The van der Waals surface area contributed by atoms with Crippen LogP contribution in [0.25, 0.3) is 28.0 Å². The van der Waals surface area contributed by atoms with Gasteiger partial charge in [-0.3, -0.25) is 9.78 Å². The van der Waals surface area contributed by atoms with Gasteiger partial charge >= 0.3 is 0 Å². The lowest BCUT2D eigenvalue weighted by molar-refractivity contribution is 0.603. The van der Waals surface area contributed by atoms with Crippen LogP contribution in [0.15, 0.2) is 43.2 Å².